The smallest absolute Gasteiger partial charge is 0.252 e. The lowest BCUT2D eigenvalue weighted by atomic mass is 10.1. The minimum atomic E-state index is -1.95. The molecule has 0 aliphatic carbocycles. The second-order valence-electron chi connectivity index (χ2n) is 6.91. The molecule has 124 valence electrons. The molecule has 0 aliphatic rings. The molecule has 0 saturated carbocycles. The summed E-state index contributed by atoms with van der Waals surface area (Å²) in [5.74, 6) is 1.09. The van der Waals surface area contributed by atoms with Gasteiger partial charge in [0.25, 0.3) is 8.32 Å². The van der Waals surface area contributed by atoms with Gasteiger partial charge in [0.1, 0.15) is 5.75 Å². The number of ketones is 1. The normalized spacial score (nSPS) is 12.1. The number of carbonyl (C=O) groups is 1. The molecule has 0 bridgehead atoms. The first kappa shape index (κ1) is 17.7. The van der Waals surface area contributed by atoms with Gasteiger partial charge < -0.3 is 9.16 Å². The number of ether oxygens (including phenoxy) is 1. The minimum absolute atomic E-state index is 0.0909. The number of methoxy groups -OCH3 is 1. The molecule has 0 N–H and O–H groups in total. The van der Waals surface area contributed by atoms with Crippen LogP contribution in [0.15, 0.2) is 29.6 Å². The molecule has 1 aromatic heterocycles. The van der Waals surface area contributed by atoms with Gasteiger partial charge in [-0.3, -0.25) is 4.79 Å². The first-order valence-electron chi connectivity index (χ1n) is 7.47. The van der Waals surface area contributed by atoms with E-state index in [1.165, 1.54) is 11.3 Å². The Balaban J connectivity index is 2.20. The number of aromatic nitrogens is 1. The molecule has 6 heteroatoms. The van der Waals surface area contributed by atoms with Gasteiger partial charge >= 0.3 is 0 Å². The first-order chi connectivity index (χ1) is 10.6. The van der Waals surface area contributed by atoms with Gasteiger partial charge in [0.2, 0.25) is 11.7 Å². The summed E-state index contributed by atoms with van der Waals surface area (Å²) in [4.78, 5) is 16.9. The summed E-state index contributed by atoms with van der Waals surface area (Å²) in [6.45, 7) is 10.8. The van der Waals surface area contributed by atoms with Crippen molar-refractivity contribution in [3.8, 4) is 11.6 Å². The Morgan fingerprint density at radius 3 is 2.57 bits per heavy atom. The van der Waals surface area contributed by atoms with E-state index in [1.807, 2.05) is 11.4 Å². The highest BCUT2D eigenvalue weighted by Gasteiger charge is 2.39. The van der Waals surface area contributed by atoms with Crippen LogP contribution in [0.4, 0.5) is 0 Å². The van der Waals surface area contributed by atoms with E-state index in [1.54, 1.807) is 25.3 Å². The van der Waals surface area contributed by atoms with Crippen LogP contribution in [0.2, 0.25) is 18.1 Å². The summed E-state index contributed by atoms with van der Waals surface area (Å²) in [7, 11) is -0.367. The first-order valence-corrected chi connectivity index (χ1v) is 11.3. The zero-order valence-electron chi connectivity index (χ0n) is 14.5. The fourth-order valence-electron chi connectivity index (χ4n) is 1.71. The standard InChI is InChI=1S/C17H23NO3SSi/c1-17(2,3)23(5,6)21-14-11-22-16(18-14)15(19)12-8-7-9-13(10-12)20-4/h7-11H,1-6H3. The molecule has 0 amide bonds. The number of carbonyl (C=O) groups excluding carboxylic acids is 1. The van der Waals surface area contributed by atoms with Crippen LogP contribution in [0.25, 0.3) is 0 Å². The van der Waals surface area contributed by atoms with E-state index in [9.17, 15) is 4.79 Å². The maximum atomic E-state index is 12.5. The van der Waals surface area contributed by atoms with Crippen LogP contribution < -0.4 is 9.16 Å². The molecule has 2 aromatic rings. The van der Waals surface area contributed by atoms with Crippen LogP contribution in [0.5, 0.6) is 11.6 Å². The molecule has 0 spiro atoms. The molecule has 0 unspecified atom stereocenters. The average molecular weight is 350 g/mol. The number of thiazole rings is 1. The quantitative estimate of drug-likeness (QED) is 0.576. The van der Waals surface area contributed by atoms with Crippen molar-refractivity contribution < 1.29 is 14.0 Å². The van der Waals surface area contributed by atoms with Gasteiger partial charge in [-0.1, -0.05) is 32.9 Å². The van der Waals surface area contributed by atoms with Crippen LogP contribution in [-0.4, -0.2) is 26.2 Å². The predicted octanol–water partition coefficient (Wildman–Crippen LogP) is 4.77. The molecule has 4 nitrogen and oxygen atoms in total. The maximum absolute atomic E-state index is 12.5. The molecule has 0 radical (unpaired) electrons. The molecule has 23 heavy (non-hydrogen) atoms. The maximum Gasteiger partial charge on any atom is 0.252 e. The molecule has 0 atom stereocenters. The summed E-state index contributed by atoms with van der Waals surface area (Å²) in [5, 5.41) is 2.34. The van der Waals surface area contributed by atoms with Crippen molar-refractivity contribution in [2.75, 3.05) is 7.11 Å². The molecule has 0 aliphatic heterocycles. The Hall–Kier alpha value is -1.66. The summed E-state index contributed by atoms with van der Waals surface area (Å²) >= 11 is 1.31. The van der Waals surface area contributed by atoms with Crippen LogP contribution in [0.3, 0.4) is 0 Å². The van der Waals surface area contributed by atoms with E-state index in [-0.39, 0.29) is 10.8 Å². The zero-order valence-corrected chi connectivity index (χ0v) is 16.3. The van der Waals surface area contributed by atoms with Gasteiger partial charge in [-0.25, -0.2) is 0 Å². The second kappa shape index (κ2) is 6.45. The Morgan fingerprint density at radius 2 is 1.96 bits per heavy atom. The van der Waals surface area contributed by atoms with E-state index in [2.05, 4.69) is 38.8 Å². The highest BCUT2D eigenvalue weighted by molar-refractivity contribution is 7.12. The molecular formula is C17H23NO3SSi. The SMILES string of the molecule is COc1cccc(C(=O)c2nc(O[Si](C)(C)C(C)(C)C)cs2)c1. The largest absolute Gasteiger partial charge is 0.530 e. The average Bonchev–Trinajstić information content (AvgIpc) is 2.93. The third-order valence-corrected chi connectivity index (χ3v) is 9.33. The number of nitrogens with zero attached hydrogens (tertiary/aromatic N) is 1. The summed E-state index contributed by atoms with van der Waals surface area (Å²) in [5.41, 5.74) is 0.567. The third kappa shape index (κ3) is 4.00. The summed E-state index contributed by atoms with van der Waals surface area (Å²) in [6, 6.07) is 7.09. The lowest BCUT2D eigenvalue weighted by molar-refractivity contribution is 0.103. The number of hydrogen-bond acceptors (Lipinski definition) is 5. The van der Waals surface area contributed by atoms with Crippen molar-refractivity contribution in [3.05, 3.63) is 40.2 Å². The highest BCUT2D eigenvalue weighted by atomic mass is 32.1. The number of benzene rings is 1. The molecule has 0 saturated heterocycles. The molecular weight excluding hydrogens is 326 g/mol. The van der Waals surface area contributed by atoms with Gasteiger partial charge in [-0.2, -0.15) is 4.98 Å². The Kier molecular flexibility index (Phi) is 4.96. The molecule has 1 heterocycles. The molecule has 0 fully saturated rings. The zero-order chi connectivity index (χ0) is 17.3. The fraction of sp³-hybridized carbons (Fsp3) is 0.412. The van der Waals surface area contributed by atoms with Gasteiger partial charge in [0, 0.05) is 5.56 Å². The van der Waals surface area contributed by atoms with E-state index < -0.39 is 8.32 Å². The van der Waals surface area contributed by atoms with Gasteiger partial charge in [0.05, 0.1) is 12.5 Å². The van der Waals surface area contributed by atoms with Crippen molar-refractivity contribution in [1.82, 2.24) is 4.98 Å². The molecule has 1 aromatic carbocycles. The van der Waals surface area contributed by atoms with Crippen molar-refractivity contribution in [1.29, 1.82) is 0 Å². The summed E-state index contributed by atoms with van der Waals surface area (Å²) < 4.78 is 11.3. The van der Waals surface area contributed by atoms with Crippen LogP contribution in [0, 0.1) is 0 Å². The lowest BCUT2D eigenvalue weighted by Crippen LogP contribution is -2.43. The van der Waals surface area contributed by atoms with E-state index in [0.717, 1.165) is 0 Å². The third-order valence-electron chi connectivity index (χ3n) is 4.18. The lowest BCUT2D eigenvalue weighted by Gasteiger charge is -2.35. The van der Waals surface area contributed by atoms with E-state index >= 15 is 0 Å². The van der Waals surface area contributed by atoms with E-state index in [4.69, 9.17) is 9.16 Å². The van der Waals surface area contributed by atoms with Crippen molar-refractivity contribution in [2.45, 2.75) is 38.9 Å². The minimum Gasteiger partial charge on any atom is -0.530 e. The van der Waals surface area contributed by atoms with Gasteiger partial charge in [-0.05, 0) is 30.3 Å². The van der Waals surface area contributed by atoms with Crippen LogP contribution in [-0.2, 0) is 0 Å². The Morgan fingerprint density at radius 1 is 1.26 bits per heavy atom. The second-order valence-corrected chi connectivity index (χ2v) is 12.5. The Labute approximate surface area is 142 Å². The van der Waals surface area contributed by atoms with Crippen LogP contribution in [0.1, 0.15) is 36.1 Å². The fourth-order valence-corrected chi connectivity index (χ4v) is 3.41. The Bertz CT molecular complexity index is 704. The van der Waals surface area contributed by atoms with Gasteiger partial charge in [0.15, 0.2) is 5.01 Å². The topological polar surface area (TPSA) is 48.4 Å². The predicted molar refractivity (Wildman–Crippen MR) is 96.4 cm³/mol. The highest BCUT2D eigenvalue weighted by Crippen LogP contribution is 2.37. The number of hydrogen-bond donors (Lipinski definition) is 0. The van der Waals surface area contributed by atoms with Crippen molar-refractivity contribution in [3.63, 3.8) is 0 Å². The summed E-state index contributed by atoms with van der Waals surface area (Å²) in [6.07, 6.45) is 0. The van der Waals surface area contributed by atoms with Crippen LogP contribution >= 0.6 is 11.3 Å². The number of rotatable bonds is 5. The monoisotopic (exact) mass is 349 g/mol. The van der Waals surface area contributed by atoms with Crippen molar-refractivity contribution >= 4 is 25.4 Å². The van der Waals surface area contributed by atoms with Crippen molar-refractivity contribution in [2.24, 2.45) is 0 Å². The molecule has 2 rings (SSSR count). The van der Waals surface area contributed by atoms with Gasteiger partial charge in [-0.15, -0.1) is 11.3 Å². The van der Waals surface area contributed by atoms with E-state index in [0.29, 0.717) is 22.2 Å².